The molecule has 1 aliphatic heterocycles. The minimum Gasteiger partial charge on any atom is -0.368 e. The van der Waals surface area contributed by atoms with Gasteiger partial charge in [0, 0.05) is 67.3 Å². The van der Waals surface area contributed by atoms with Gasteiger partial charge in [-0.05, 0) is 36.6 Å². The summed E-state index contributed by atoms with van der Waals surface area (Å²) in [5.74, 6) is 2.14. The van der Waals surface area contributed by atoms with Gasteiger partial charge in [0.15, 0.2) is 5.82 Å². The number of benzene rings is 1. The van der Waals surface area contributed by atoms with Gasteiger partial charge in [-0.1, -0.05) is 42.6 Å². The van der Waals surface area contributed by atoms with E-state index in [-0.39, 0.29) is 0 Å². The Hall–Kier alpha value is -3.32. The maximum absolute atomic E-state index is 5.62. The molecule has 4 aromatic rings. The van der Waals surface area contributed by atoms with Gasteiger partial charge < -0.3 is 9.42 Å². The molecule has 0 spiro atoms. The normalized spacial score (nSPS) is 17.9. The van der Waals surface area contributed by atoms with Crippen molar-refractivity contribution < 1.29 is 4.52 Å². The lowest BCUT2D eigenvalue weighted by atomic mass is 9.89. The Morgan fingerprint density at radius 2 is 1.79 bits per heavy atom. The van der Waals surface area contributed by atoms with E-state index in [9.17, 15) is 0 Å². The number of pyridine rings is 2. The molecule has 6 rings (SSSR count). The molecular formula is C27H30N6O. The summed E-state index contributed by atoms with van der Waals surface area (Å²) in [7, 11) is 0. The monoisotopic (exact) mass is 454 g/mol. The summed E-state index contributed by atoms with van der Waals surface area (Å²) in [6.07, 6.45) is 11.9. The highest BCUT2D eigenvalue weighted by Crippen LogP contribution is 2.32. The van der Waals surface area contributed by atoms with Gasteiger partial charge in [0.25, 0.3) is 0 Å². The first-order valence-corrected chi connectivity index (χ1v) is 12.4. The van der Waals surface area contributed by atoms with Gasteiger partial charge in [0.1, 0.15) is 0 Å². The molecule has 0 radical (unpaired) electrons. The summed E-state index contributed by atoms with van der Waals surface area (Å²) in [5, 5.41) is 5.48. The molecule has 1 saturated heterocycles. The van der Waals surface area contributed by atoms with Crippen LogP contribution >= 0.6 is 0 Å². The maximum Gasteiger partial charge on any atom is 0.229 e. The van der Waals surface area contributed by atoms with Crippen molar-refractivity contribution in [1.82, 2.24) is 25.0 Å². The van der Waals surface area contributed by atoms with Gasteiger partial charge in [-0.15, -0.1) is 0 Å². The summed E-state index contributed by atoms with van der Waals surface area (Å²) in [4.78, 5) is 18.5. The largest absolute Gasteiger partial charge is 0.368 e. The van der Waals surface area contributed by atoms with Crippen molar-refractivity contribution in [3.05, 3.63) is 66.7 Å². The highest BCUT2D eigenvalue weighted by Gasteiger charge is 2.24. The van der Waals surface area contributed by atoms with E-state index in [1.54, 1.807) is 6.20 Å². The number of piperazine rings is 1. The topological polar surface area (TPSA) is 71.2 Å². The molecule has 3 aromatic heterocycles. The SMILES string of the molecule is c1cncc(-c2ccc3c(N4CCN(Cc5noc(C6CCCCC6)n5)CC4)ccnc3c2)c1. The Morgan fingerprint density at radius 3 is 2.62 bits per heavy atom. The molecule has 1 aromatic carbocycles. The number of hydrogen-bond acceptors (Lipinski definition) is 7. The minimum absolute atomic E-state index is 0.463. The van der Waals surface area contributed by atoms with Crippen molar-refractivity contribution in [2.45, 2.75) is 44.6 Å². The molecule has 1 aliphatic carbocycles. The summed E-state index contributed by atoms with van der Waals surface area (Å²) in [6, 6.07) is 12.7. The summed E-state index contributed by atoms with van der Waals surface area (Å²) < 4.78 is 5.62. The number of rotatable bonds is 5. The Kier molecular flexibility index (Phi) is 5.93. The van der Waals surface area contributed by atoms with Crippen LogP contribution in [0.15, 0.2) is 59.5 Å². The van der Waals surface area contributed by atoms with Crippen molar-refractivity contribution in [2.75, 3.05) is 31.1 Å². The molecule has 34 heavy (non-hydrogen) atoms. The molecule has 0 N–H and O–H groups in total. The van der Waals surface area contributed by atoms with Crippen LogP contribution in [-0.2, 0) is 6.54 Å². The lowest BCUT2D eigenvalue weighted by Gasteiger charge is -2.36. The Morgan fingerprint density at radius 1 is 0.912 bits per heavy atom. The van der Waals surface area contributed by atoms with Gasteiger partial charge in [-0.3, -0.25) is 14.9 Å². The highest BCUT2D eigenvalue weighted by molar-refractivity contribution is 5.94. The van der Waals surface area contributed by atoms with E-state index >= 15 is 0 Å². The second-order valence-corrected chi connectivity index (χ2v) is 9.45. The molecule has 0 unspecified atom stereocenters. The standard InChI is InChI=1S/C27H30N6O/c1-2-5-20(6-3-1)27-30-26(31-34-27)19-32-13-15-33(16-14-32)25-10-12-29-24-17-21(8-9-23(24)25)22-7-4-11-28-18-22/h4,7-12,17-18,20H,1-3,5-6,13-16,19H2. The molecule has 2 fully saturated rings. The van der Waals surface area contributed by atoms with E-state index < -0.39 is 0 Å². The molecule has 0 amide bonds. The average Bonchev–Trinajstić information content (AvgIpc) is 3.38. The van der Waals surface area contributed by atoms with E-state index in [2.05, 4.69) is 55.3 Å². The van der Waals surface area contributed by atoms with Crippen molar-refractivity contribution in [3.8, 4) is 11.1 Å². The van der Waals surface area contributed by atoms with Gasteiger partial charge in [-0.2, -0.15) is 4.98 Å². The van der Waals surface area contributed by atoms with E-state index in [1.807, 2.05) is 18.5 Å². The number of fused-ring (bicyclic) bond motifs is 1. The van der Waals surface area contributed by atoms with E-state index in [4.69, 9.17) is 9.51 Å². The molecule has 7 heteroatoms. The minimum atomic E-state index is 0.463. The fourth-order valence-corrected chi connectivity index (χ4v) is 5.32. The number of anilines is 1. The van der Waals surface area contributed by atoms with Crippen molar-refractivity contribution in [1.29, 1.82) is 0 Å². The van der Waals surface area contributed by atoms with Gasteiger partial charge in [0.2, 0.25) is 5.89 Å². The average molecular weight is 455 g/mol. The zero-order chi connectivity index (χ0) is 22.7. The maximum atomic E-state index is 5.62. The van der Waals surface area contributed by atoms with Crippen LogP contribution in [0.5, 0.6) is 0 Å². The van der Waals surface area contributed by atoms with Crippen LogP contribution < -0.4 is 4.90 Å². The summed E-state index contributed by atoms with van der Waals surface area (Å²) >= 11 is 0. The Bertz CT molecular complexity index is 1240. The zero-order valence-electron chi connectivity index (χ0n) is 19.4. The van der Waals surface area contributed by atoms with Crippen LogP contribution in [0, 0.1) is 0 Å². The summed E-state index contributed by atoms with van der Waals surface area (Å²) in [6.45, 7) is 4.65. The summed E-state index contributed by atoms with van der Waals surface area (Å²) in [5.41, 5.74) is 4.52. The van der Waals surface area contributed by atoms with Crippen molar-refractivity contribution in [3.63, 3.8) is 0 Å². The van der Waals surface area contributed by atoms with E-state index in [0.29, 0.717) is 5.92 Å². The third-order valence-electron chi connectivity index (χ3n) is 7.23. The Balaban J connectivity index is 1.12. The Labute approximate surface area is 199 Å². The predicted molar refractivity (Wildman–Crippen MR) is 133 cm³/mol. The third kappa shape index (κ3) is 4.40. The lowest BCUT2D eigenvalue weighted by molar-refractivity contribution is 0.239. The molecule has 0 bridgehead atoms. The predicted octanol–water partition coefficient (Wildman–Crippen LogP) is 5.05. The number of nitrogens with zero attached hydrogens (tertiary/aromatic N) is 6. The van der Waals surface area contributed by atoms with E-state index in [0.717, 1.165) is 61.1 Å². The lowest BCUT2D eigenvalue weighted by Crippen LogP contribution is -2.46. The number of hydrogen-bond donors (Lipinski definition) is 0. The zero-order valence-corrected chi connectivity index (χ0v) is 19.4. The van der Waals surface area contributed by atoms with Crippen LogP contribution in [0.4, 0.5) is 5.69 Å². The molecular weight excluding hydrogens is 424 g/mol. The number of aromatic nitrogens is 4. The smallest absolute Gasteiger partial charge is 0.229 e. The van der Waals surface area contributed by atoms with Crippen LogP contribution in [-0.4, -0.2) is 51.2 Å². The third-order valence-corrected chi connectivity index (χ3v) is 7.23. The molecule has 1 saturated carbocycles. The molecule has 174 valence electrons. The fraction of sp³-hybridized carbons (Fsp3) is 0.407. The van der Waals surface area contributed by atoms with Crippen LogP contribution in [0.2, 0.25) is 0 Å². The second kappa shape index (κ2) is 9.50. The van der Waals surface area contributed by atoms with E-state index in [1.165, 1.54) is 43.2 Å². The first-order chi connectivity index (χ1) is 16.8. The van der Waals surface area contributed by atoms with Gasteiger partial charge in [-0.25, -0.2) is 0 Å². The van der Waals surface area contributed by atoms with Crippen LogP contribution in [0.3, 0.4) is 0 Å². The highest BCUT2D eigenvalue weighted by atomic mass is 16.5. The second-order valence-electron chi connectivity index (χ2n) is 9.45. The molecule has 0 atom stereocenters. The molecule has 2 aliphatic rings. The fourth-order valence-electron chi connectivity index (χ4n) is 5.32. The quantitative estimate of drug-likeness (QED) is 0.418. The van der Waals surface area contributed by atoms with Gasteiger partial charge >= 0.3 is 0 Å². The van der Waals surface area contributed by atoms with Crippen molar-refractivity contribution >= 4 is 16.6 Å². The molecule has 4 heterocycles. The first kappa shape index (κ1) is 21.2. The first-order valence-electron chi connectivity index (χ1n) is 12.4. The van der Waals surface area contributed by atoms with Crippen LogP contribution in [0.25, 0.3) is 22.0 Å². The van der Waals surface area contributed by atoms with Gasteiger partial charge in [0.05, 0.1) is 12.1 Å². The van der Waals surface area contributed by atoms with Crippen LogP contribution in [0.1, 0.15) is 49.7 Å². The van der Waals surface area contributed by atoms with Crippen molar-refractivity contribution in [2.24, 2.45) is 0 Å². The molecule has 7 nitrogen and oxygen atoms in total.